The van der Waals surface area contributed by atoms with Gasteiger partial charge in [-0.15, -0.1) is 0 Å². The van der Waals surface area contributed by atoms with E-state index in [0.29, 0.717) is 6.04 Å². The molecule has 2 heterocycles. The van der Waals surface area contributed by atoms with E-state index < -0.39 is 0 Å². The normalized spacial score (nSPS) is 19.8. The molecule has 1 aromatic heterocycles. The Morgan fingerprint density at radius 3 is 2.88 bits per heavy atom. The van der Waals surface area contributed by atoms with E-state index in [1.54, 1.807) is 0 Å². The molecule has 0 unspecified atom stereocenters. The van der Waals surface area contributed by atoms with Crippen molar-refractivity contribution >= 4 is 11.5 Å². The summed E-state index contributed by atoms with van der Waals surface area (Å²) in [6.07, 6.45) is 1.17. The lowest BCUT2D eigenvalue weighted by Crippen LogP contribution is -2.23. The molecule has 4 heteroatoms. The summed E-state index contributed by atoms with van der Waals surface area (Å²) in [6, 6.07) is 4.72. The molecule has 1 aromatic rings. The van der Waals surface area contributed by atoms with Crippen LogP contribution in [0.25, 0.3) is 0 Å². The van der Waals surface area contributed by atoms with Gasteiger partial charge in [-0.1, -0.05) is 0 Å². The van der Waals surface area contributed by atoms with Crippen molar-refractivity contribution in [1.82, 2.24) is 10.3 Å². The Hall–Kier alpha value is -1.29. The predicted molar refractivity (Wildman–Crippen MR) is 68.2 cm³/mol. The van der Waals surface area contributed by atoms with E-state index >= 15 is 0 Å². The molecule has 0 amide bonds. The van der Waals surface area contributed by atoms with Crippen molar-refractivity contribution < 1.29 is 0 Å². The summed E-state index contributed by atoms with van der Waals surface area (Å²) in [5, 5.41) is 6.82. The lowest BCUT2D eigenvalue weighted by molar-refractivity contribution is 0.787. The Labute approximate surface area is 97.1 Å². The molecule has 0 bridgehead atoms. The average molecular weight is 220 g/mol. The number of nitrogens with one attached hydrogen (secondary N) is 2. The van der Waals surface area contributed by atoms with Gasteiger partial charge in [0.25, 0.3) is 0 Å². The van der Waals surface area contributed by atoms with Crippen molar-refractivity contribution in [3.05, 3.63) is 17.8 Å². The third kappa shape index (κ3) is 2.64. The van der Waals surface area contributed by atoms with Crippen LogP contribution >= 0.6 is 0 Å². The second-order valence-electron chi connectivity index (χ2n) is 4.58. The zero-order valence-electron chi connectivity index (χ0n) is 10.2. The number of aromatic nitrogens is 1. The van der Waals surface area contributed by atoms with Gasteiger partial charge in [0.15, 0.2) is 0 Å². The van der Waals surface area contributed by atoms with Gasteiger partial charge in [0.2, 0.25) is 0 Å². The monoisotopic (exact) mass is 220 g/mol. The Morgan fingerprint density at radius 2 is 2.25 bits per heavy atom. The van der Waals surface area contributed by atoms with Crippen molar-refractivity contribution in [2.24, 2.45) is 0 Å². The van der Waals surface area contributed by atoms with E-state index in [-0.39, 0.29) is 0 Å². The van der Waals surface area contributed by atoms with E-state index in [9.17, 15) is 0 Å². The van der Waals surface area contributed by atoms with Crippen LogP contribution in [0, 0.1) is 6.92 Å². The number of anilines is 2. The van der Waals surface area contributed by atoms with Crippen molar-refractivity contribution in [3.8, 4) is 0 Å². The maximum Gasteiger partial charge on any atom is 0.128 e. The van der Waals surface area contributed by atoms with Crippen LogP contribution in [0.4, 0.5) is 11.5 Å². The van der Waals surface area contributed by atoms with Gasteiger partial charge in [-0.3, -0.25) is 0 Å². The van der Waals surface area contributed by atoms with Gasteiger partial charge in [0.05, 0.1) is 0 Å². The van der Waals surface area contributed by atoms with Crippen LogP contribution in [0.1, 0.15) is 12.1 Å². The first-order valence-electron chi connectivity index (χ1n) is 5.78. The SMILES string of the molecule is Cc1cc(N(C)C)cc(N[C@H]2CCNC2)n1. The highest BCUT2D eigenvalue weighted by Gasteiger charge is 2.14. The van der Waals surface area contributed by atoms with E-state index in [1.165, 1.54) is 12.1 Å². The maximum absolute atomic E-state index is 4.51. The highest BCUT2D eigenvalue weighted by Crippen LogP contribution is 2.18. The van der Waals surface area contributed by atoms with Crippen LogP contribution in [0.5, 0.6) is 0 Å². The number of rotatable bonds is 3. The molecule has 1 fully saturated rings. The van der Waals surface area contributed by atoms with Gasteiger partial charge in [-0.2, -0.15) is 0 Å². The number of pyridine rings is 1. The zero-order chi connectivity index (χ0) is 11.5. The first-order valence-corrected chi connectivity index (χ1v) is 5.78. The molecule has 1 atom stereocenters. The fourth-order valence-electron chi connectivity index (χ4n) is 1.97. The van der Waals surface area contributed by atoms with Gasteiger partial charge in [-0.05, 0) is 26.0 Å². The molecule has 2 N–H and O–H groups in total. The standard InChI is InChI=1S/C12H20N4/c1-9-6-11(16(2)3)7-12(14-9)15-10-4-5-13-8-10/h6-7,10,13H,4-5,8H2,1-3H3,(H,14,15)/t10-/m0/s1. The molecule has 0 radical (unpaired) electrons. The number of hydrogen-bond donors (Lipinski definition) is 2. The molecule has 1 saturated heterocycles. The molecule has 0 saturated carbocycles. The van der Waals surface area contributed by atoms with E-state index in [2.05, 4.69) is 46.7 Å². The molecule has 0 aromatic carbocycles. The molecular weight excluding hydrogens is 200 g/mol. The summed E-state index contributed by atoms with van der Waals surface area (Å²) in [5.74, 6) is 0.984. The van der Waals surface area contributed by atoms with Crippen molar-refractivity contribution in [1.29, 1.82) is 0 Å². The Kier molecular flexibility index (Phi) is 3.29. The maximum atomic E-state index is 4.51. The minimum Gasteiger partial charge on any atom is -0.377 e. The molecule has 88 valence electrons. The molecule has 1 aliphatic rings. The van der Waals surface area contributed by atoms with Crippen LogP contribution in [-0.2, 0) is 0 Å². The topological polar surface area (TPSA) is 40.2 Å². The molecule has 0 spiro atoms. The molecule has 0 aliphatic carbocycles. The van der Waals surface area contributed by atoms with Crippen molar-refractivity contribution in [3.63, 3.8) is 0 Å². The molecular formula is C12H20N4. The van der Waals surface area contributed by atoms with Crippen LogP contribution in [-0.4, -0.2) is 38.2 Å². The highest BCUT2D eigenvalue weighted by molar-refractivity contribution is 5.55. The number of aryl methyl sites for hydroxylation is 1. The zero-order valence-corrected chi connectivity index (χ0v) is 10.2. The van der Waals surface area contributed by atoms with Gasteiger partial charge < -0.3 is 15.5 Å². The average Bonchev–Trinajstić information content (AvgIpc) is 2.69. The summed E-state index contributed by atoms with van der Waals surface area (Å²) >= 11 is 0. The predicted octanol–water partition coefficient (Wildman–Crippen LogP) is 1.23. The summed E-state index contributed by atoms with van der Waals surface area (Å²) in [4.78, 5) is 6.62. The quantitative estimate of drug-likeness (QED) is 0.804. The fourth-order valence-corrected chi connectivity index (χ4v) is 1.97. The molecule has 2 rings (SSSR count). The summed E-state index contributed by atoms with van der Waals surface area (Å²) < 4.78 is 0. The largest absolute Gasteiger partial charge is 0.377 e. The van der Waals surface area contributed by atoms with E-state index in [1.807, 2.05) is 6.92 Å². The Bertz CT molecular complexity index is 356. The van der Waals surface area contributed by atoms with Gasteiger partial charge >= 0.3 is 0 Å². The van der Waals surface area contributed by atoms with Crippen LogP contribution < -0.4 is 15.5 Å². The Morgan fingerprint density at radius 1 is 1.44 bits per heavy atom. The Balaban J connectivity index is 2.13. The van der Waals surface area contributed by atoms with Gasteiger partial charge in [-0.25, -0.2) is 4.98 Å². The first kappa shape index (κ1) is 11.2. The highest BCUT2D eigenvalue weighted by atomic mass is 15.1. The smallest absolute Gasteiger partial charge is 0.128 e. The lowest BCUT2D eigenvalue weighted by Gasteiger charge is -2.17. The van der Waals surface area contributed by atoms with Crippen LogP contribution in [0.2, 0.25) is 0 Å². The summed E-state index contributed by atoms with van der Waals surface area (Å²) in [6.45, 7) is 4.17. The number of nitrogens with zero attached hydrogens (tertiary/aromatic N) is 2. The van der Waals surface area contributed by atoms with Crippen molar-refractivity contribution in [2.45, 2.75) is 19.4 Å². The fraction of sp³-hybridized carbons (Fsp3) is 0.583. The van der Waals surface area contributed by atoms with E-state index in [0.717, 1.165) is 24.6 Å². The summed E-state index contributed by atoms with van der Waals surface area (Å²) in [7, 11) is 4.10. The second kappa shape index (κ2) is 4.70. The van der Waals surface area contributed by atoms with Crippen LogP contribution in [0.15, 0.2) is 12.1 Å². The molecule has 1 aliphatic heterocycles. The molecule has 4 nitrogen and oxygen atoms in total. The minimum atomic E-state index is 0.518. The molecule has 16 heavy (non-hydrogen) atoms. The first-order chi connectivity index (χ1) is 7.65. The minimum absolute atomic E-state index is 0.518. The van der Waals surface area contributed by atoms with Crippen LogP contribution in [0.3, 0.4) is 0 Å². The third-order valence-electron chi connectivity index (χ3n) is 2.87. The second-order valence-corrected chi connectivity index (χ2v) is 4.58. The van der Waals surface area contributed by atoms with Gasteiger partial charge in [0, 0.05) is 44.1 Å². The van der Waals surface area contributed by atoms with Crippen molar-refractivity contribution in [2.75, 3.05) is 37.4 Å². The summed E-state index contributed by atoms with van der Waals surface area (Å²) in [5.41, 5.74) is 2.25. The van der Waals surface area contributed by atoms with E-state index in [4.69, 9.17) is 0 Å². The lowest BCUT2D eigenvalue weighted by atomic mass is 10.2. The number of hydrogen-bond acceptors (Lipinski definition) is 4. The third-order valence-corrected chi connectivity index (χ3v) is 2.87. The van der Waals surface area contributed by atoms with Gasteiger partial charge in [0.1, 0.15) is 5.82 Å².